The number of hydrogen-bond donors (Lipinski definition) is 0. The number of esters is 1. The Hall–Kier alpha value is -1.90. The lowest BCUT2D eigenvalue weighted by molar-refractivity contribution is -0.152. The monoisotopic (exact) mass is 482 g/mol. The SMILES string of the molecule is CCOC(=O)[C@H]1CCCN(C(=O)[C@@H](C)Oc2ccc3c(I)ccnc3c2)C1. The maximum atomic E-state index is 12.8. The molecule has 27 heavy (non-hydrogen) atoms. The molecule has 144 valence electrons. The summed E-state index contributed by atoms with van der Waals surface area (Å²) in [5.74, 6) is 0.0251. The number of carbonyl (C=O) groups is 2. The van der Waals surface area contributed by atoms with E-state index in [1.165, 1.54) is 0 Å². The van der Waals surface area contributed by atoms with Crippen molar-refractivity contribution in [2.45, 2.75) is 32.8 Å². The minimum atomic E-state index is -0.633. The Balaban J connectivity index is 1.66. The average molecular weight is 482 g/mol. The number of likely N-dealkylation sites (tertiary alicyclic amines) is 1. The predicted molar refractivity (Wildman–Crippen MR) is 110 cm³/mol. The molecule has 1 aliphatic rings. The third kappa shape index (κ3) is 4.69. The number of ether oxygens (including phenoxy) is 2. The van der Waals surface area contributed by atoms with Crippen LogP contribution in [0.4, 0.5) is 0 Å². The summed E-state index contributed by atoms with van der Waals surface area (Å²) in [6, 6.07) is 7.60. The Kier molecular flexibility index (Phi) is 6.51. The van der Waals surface area contributed by atoms with E-state index in [1.54, 1.807) is 24.9 Å². The molecule has 7 heteroatoms. The maximum Gasteiger partial charge on any atom is 0.310 e. The topological polar surface area (TPSA) is 68.7 Å². The molecule has 1 aliphatic heterocycles. The van der Waals surface area contributed by atoms with Crippen LogP contribution in [0, 0.1) is 9.49 Å². The Morgan fingerprint density at radius 3 is 2.96 bits per heavy atom. The number of piperidine rings is 1. The summed E-state index contributed by atoms with van der Waals surface area (Å²) in [6.07, 6.45) is 2.67. The third-order valence-electron chi connectivity index (χ3n) is 4.67. The van der Waals surface area contributed by atoms with Crippen molar-refractivity contribution in [2.24, 2.45) is 5.92 Å². The molecule has 0 saturated carbocycles. The van der Waals surface area contributed by atoms with E-state index >= 15 is 0 Å². The van der Waals surface area contributed by atoms with Crippen LogP contribution in [-0.2, 0) is 14.3 Å². The van der Waals surface area contributed by atoms with Crippen LogP contribution in [0.3, 0.4) is 0 Å². The number of fused-ring (bicyclic) bond motifs is 1. The summed E-state index contributed by atoms with van der Waals surface area (Å²) in [5.41, 5.74) is 0.833. The van der Waals surface area contributed by atoms with Gasteiger partial charge in [0.2, 0.25) is 0 Å². The molecular formula is C20H23IN2O4. The van der Waals surface area contributed by atoms with Gasteiger partial charge in [-0.1, -0.05) is 0 Å². The molecule has 6 nitrogen and oxygen atoms in total. The van der Waals surface area contributed by atoms with Crippen molar-refractivity contribution >= 4 is 45.4 Å². The van der Waals surface area contributed by atoms with Crippen molar-refractivity contribution in [2.75, 3.05) is 19.7 Å². The first kappa shape index (κ1) is 19.9. The summed E-state index contributed by atoms with van der Waals surface area (Å²) >= 11 is 2.27. The van der Waals surface area contributed by atoms with Gasteiger partial charge in [-0.2, -0.15) is 0 Å². The van der Waals surface area contributed by atoms with E-state index in [4.69, 9.17) is 9.47 Å². The molecule has 3 rings (SSSR count). The molecule has 1 fully saturated rings. The minimum Gasteiger partial charge on any atom is -0.481 e. The molecule has 0 bridgehead atoms. The van der Waals surface area contributed by atoms with Crippen molar-refractivity contribution in [1.29, 1.82) is 0 Å². The molecule has 0 N–H and O–H groups in total. The molecule has 1 aromatic carbocycles. The van der Waals surface area contributed by atoms with Crippen molar-refractivity contribution in [1.82, 2.24) is 9.88 Å². The lowest BCUT2D eigenvalue weighted by atomic mass is 9.98. The van der Waals surface area contributed by atoms with Crippen LogP contribution in [0.2, 0.25) is 0 Å². The molecule has 0 unspecified atom stereocenters. The number of pyridine rings is 1. The molecule has 0 aliphatic carbocycles. The highest BCUT2D eigenvalue weighted by Crippen LogP contribution is 2.25. The molecule has 1 aromatic heterocycles. The van der Waals surface area contributed by atoms with Crippen LogP contribution < -0.4 is 4.74 Å². The van der Waals surface area contributed by atoms with Crippen molar-refractivity contribution in [3.8, 4) is 5.75 Å². The van der Waals surface area contributed by atoms with Gasteiger partial charge in [-0.15, -0.1) is 0 Å². The zero-order valence-electron chi connectivity index (χ0n) is 15.5. The number of aromatic nitrogens is 1. The van der Waals surface area contributed by atoms with Gasteiger partial charge >= 0.3 is 5.97 Å². The average Bonchev–Trinajstić information content (AvgIpc) is 2.68. The van der Waals surface area contributed by atoms with Crippen LogP contribution in [0.15, 0.2) is 30.5 Å². The fraction of sp³-hybridized carbons (Fsp3) is 0.450. The second-order valence-electron chi connectivity index (χ2n) is 6.61. The highest BCUT2D eigenvalue weighted by atomic mass is 127. The van der Waals surface area contributed by atoms with Crippen LogP contribution in [0.1, 0.15) is 26.7 Å². The first-order valence-corrected chi connectivity index (χ1v) is 10.2. The van der Waals surface area contributed by atoms with E-state index in [9.17, 15) is 9.59 Å². The standard InChI is InChI=1S/C20H23IN2O4/c1-3-26-20(25)14-5-4-10-23(12-14)19(24)13(2)27-15-6-7-16-17(21)8-9-22-18(16)11-15/h6-9,11,13-14H,3-5,10,12H2,1-2H3/t13-,14+/m1/s1. The molecular weight excluding hydrogens is 459 g/mol. The van der Waals surface area contributed by atoms with Gasteiger partial charge in [0.15, 0.2) is 6.10 Å². The minimum absolute atomic E-state index is 0.111. The van der Waals surface area contributed by atoms with Gasteiger partial charge in [-0.25, -0.2) is 0 Å². The van der Waals surface area contributed by atoms with E-state index < -0.39 is 6.10 Å². The second-order valence-corrected chi connectivity index (χ2v) is 7.77. The number of carbonyl (C=O) groups excluding carboxylic acids is 2. The lowest BCUT2D eigenvalue weighted by Crippen LogP contribution is -2.47. The number of hydrogen-bond acceptors (Lipinski definition) is 5. The molecule has 2 atom stereocenters. The van der Waals surface area contributed by atoms with E-state index in [1.807, 2.05) is 24.3 Å². The summed E-state index contributed by atoms with van der Waals surface area (Å²) in [6.45, 7) is 4.92. The number of halogens is 1. The van der Waals surface area contributed by atoms with Crippen LogP contribution >= 0.6 is 22.6 Å². The van der Waals surface area contributed by atoms with E-state index in [0.717, 1.165) is 27.3 Å². The fourth-order valence-electron chi connectivity index (χ4n) is 3.31. The smallest absolute Gasteiger partial charge is 0.310 e. The Labute approximate surface area is 172 Å². The Morgan fingerprint density at radius 2 is 2.19 bits per heavy atom. The van der Waals surface area contributed by atoms with Crippen LogP contribution in [-0.4, -0.2) is 47.6 Å². The predicted octanol–water partition coefficient (Wildman–Crippen LogP) is 3.41. The Bertz CT molecular complexity index is 842. The molecule has 1 amide bonds. The summed E-state index contributed by atoms with van der Waals surface area (Å²) in [4.78, 5) is 30.8. The third-order valence-corrected chi connectivity index (χ3v) is 5.62. The first-order chi connectivity index (χ1) is 13.0. The number of rotatable bonds is 5. The molecule has 0 radical (unpaired) electrons. The first-order valence-electron chi connectivity index (χ1n) is 9.16. The number of benzene rings is 1. The van der Waals surface area contributed by atoms with Gasteiger partial charge in [0.25, 0.3) is 5.91 Å². The fourth-order valence-corrected chi connectivity index (χ4v) is 3.92. The lowest BCUT2D eigenvalue weighted by Gasteiger charge is -2.33. The maximum absolute atomic E-state index is 12.8. The molecule has 0 spiro atoms. The zero-order chi connectivity index (χ0) is 19.4. The number of nitrogens with zero attached hydrogens (tertiary/aromatic N) is 2. The highest BCUT2D eigenvalue weighted by molar-refractivity contribution is 14.1. The van der Waals surface area contributed by atoms with Gasteiger partial charge in [0.1, 0.15) is 5.75 Å². The number of amides is 1. The molecule has 2 aromatic rings. The van der Waals surface area contributed by atoms with Crippen molar-refractivity contribution in [3.05, 3.63) is 34.0 Å². The second kappa shape index (κ2) is 8.86. The Morgan fingerprint density at radius 1 is 1.37 bits per heavy atom. The normalized spacial score (nSPS) is 18.2. The highest BCUT2D eigenvalue weighted by Gasteiger charge is 2.31. The van der Waals surface area contributed by atoms with Crippen LogP contribution in [0.5, 0.6) is 5.75 Å². The molecule has 2 heterocycles. The van der Waals surface area contributed by atoms with Gasteiger partial charge in [0.05, 0.1) is 18.0 Å². The van der Waals surface area contributed by atoms with Crippen LogP contribution in [0.25, 0.3) is 10.9 Å². The quantitative estimate of drug-likeness (QED) is 0.483. The summed E-state index contributed by atoms with van der Waals surface area (Å²) < 4.78 is 12.1. The van der Waals surface area contributed by atoms with Crippen molar-refractivity contribution in [3.63, 3.8) is 0 Å². The van der Waals surface area contributed by atoms with E-state index in [0.29, 0.717) is 25.4 Å². The van der Waals surface area contributed by atoms with E-state index in [2.05, 4.69) is 27.6 Å². The molecule has 1 saturated heterocycles. The van der Waals surface area contributed by atoms with Crippen molar-refractivity contribution < 1.29 is 19.1 Å². The van der Waals surface area contributed by atoms with Gasteiger partial charge < -0.3 is 14.4 Å². The summed E-state index contributed by atoms with van der Waals surface area (Å²) in [7, 11) is 0. The van der Waals surface area contributed by atoms with E-state index in [-0.39, 0.29) is 17.8 Å². The van der Waals surface area contributed by atoms with Gasteiger partial charge in [-0.05, 0) is 67.5 Å². The largest absolute Gasteiger partial charge is 0.481 e. The summed E-state index contributed by atoms with van der Waals surface area (Å²) in [5, 5.41) is 1.05. The van der Waals surface area contributed by atoms with Gasteiger partial charge in [0, 0.05) is 34.3 Å². The van der Waals surface area contributed by atoms with Gasteiger partial charge in [-0.3, -0.25) is 14.6 Å². The zero-order valence-corrected chi connectivity index (χ0v) is 17.6.